The van der Waals surface area contributed by atoms with Crippen molar-refractivity contribution in [2.24, 2.45) is 0 Å². The summed E-state index contributed by atoms with van der Waals surface area (Å²) in [4.78, 5) is 11.7. The summed E-state index contributed by atoms with van der Waals surface area (Å²) in [6, 6.07) is 15.5. The fourth-order valence-electron chi connectivity index (χ4n) is 1.90. The fraction of sp³-hybridized carbons (Fsp3) is 0.235. The van der Waals surface area contributed by atoms with Crippen molar-refractivity contribution in [1.82, 2.24) is 0 Å². The molecule has 21 heavy (non-hydrogen) atoms. The van der Waals surface area contributed by atoms with E-state index < -0.39 is 0 Å². The summed E-state index contributed by atoms with van der Waals surface area (Å²) in [6.45, 7) is 2.21. The normalized spacial score (nSPS) is 10.3. The van der Waals surface area contributed by atoms with Gasteiger partial charge in [-0.1, -0.05) is 24.3 Å². The predicted molar refractivity (Wildman–Crippen MR) is 88.3 cm³/mol. The van der Waals surface area contributed by atoms with Gasteiger partial charge < -0.3 is 10.5 Å². The van der Waals surface area contributed by atoms with Gasteiger partial charge in [0.1, 0.15) is 0 Å². The van der Waals surface area contributed by atoms with Crippen LogP contribution in [0.25, 0.3) is 0 Å². The van der Waals surface area contributed by atoms with Gasteiger partial charge in [0.05, 0.1) is 12.2 Å². The van der Waals surface area contributed by atoms with Crippen LogP contribution < -0.4 is 5.73 Å². The highest BCUT2D eigenvalue weighted by Gasteiger charge is 2.06. The van der Waals surface area contributed by atoms with Crippen LogP contribution >= 0.6 is 11.8 Å². The Labute approximate surface area is 129 Å². The number of rotatable bonds is 6. The molecule has 0 fully saturated rings. The Bertz CT molecular complexity index is 596. The maximum Gasteiger partial charge on any atom is 0.338 e. The van der Waals surface area contributed by atoms with Gasteiger partial charge >= 0.3 is 5.97 Å². The third kappa shape index (κ3) is 4.83. The topological polar surface area (TPSA) is 52.3 Å². The summed E-state index contributed by atoms with van der Waals surface area (Å²) in [5, 5.41) is 0. The molecule has 4 heteroatoms. The number of carbonyl (C=O) groups is 1. The lowest BCUT2D eigenvalue weighted by Gasteiger charge is -2.06. The molecule has 2 N–H and O–H groups in total. The van der Waals surface area contributed by atoms with Gasteiger partial charge in [0.2, 0.25) is 0 Å². The number of nitrogen functional groups attached to an aromatic ring is 1. The maximum absolute atomic E-state index is 11.7. The summed E-state index contributed by atoms with van der Waals surface area (Å²) >= 11 is 1.81. The zero-order chi connectivity index (χ0) is 15.1. The van der Waals surface area contributed by atoms with E-state index in [0.29, 0.717) is 12.2 Å². The third-order valence-electron chi connectivity index (χ3n) is 2.96. The van der Waals surface area contributed by atoms with Crippen LogP contribution in [-0.2, 0) is 16.2 Å². The van der Waals surface area contributed by atoms with E-state index in [4.69, 9.17) is 10.5 Å². The van der Waals surface area contributed by atoms with Gasteiger partial charge in [-0.25, -0.2) is 4.79 Å². The Hall–Kier alpha value is -1.94. The number of ether oxygens (including phenoxy) is 1. The minimum Gasteiger partial charge on any atom is -0.462 e. The largest absolute Gasteiger partial charge is 0.462 e. The molecule has 0 bridgehead atoms. The van der Waals surface area contributed by atoms with Crippen LogP contribution in [0.15, 0.2) is 48.5 Å². The summed E-state index contributed by atoms with van der Waals surface area (Å²) in [6.07, 6.45) is 0. The van der Waals surface area contributed by atoms with Crippen molar-refractivity contribution in [2.45, 2.75) is 18.4 Å². The molecule has 0 unspecified atom stereocenters. The molecule has 2 rings (SSSR count). The van der Waals surface area contributed by atoms with Gasteiger partial charge in [0, 0.05) is 17.2 Å². The van der Waals surface area contributed by atoms with Crippen LogP contribution in [0, 0.1) is 0 Å². The third-order valence-corrected chi connectivity index (χ3v) is 4.03. The molecule has 0 saturated carbocycles. The van der Waals surface area contributed by atoms with Crippen LogP contribution in [0.1, 0.15) is 28.4 Å². The molecule has 0 spiro atoms. The molecule has 0 saturated heterocycles. The van der Waals surface area contributed by atoms with Crippen LogP contribution in [0.2, 0.25) is 0 Å². The predicted octanol–water partition coefficient (Wildman–Crippen LogP) is 3.88. The van der Waals surface area contributed by atoms with Crippen LogP contribution in [0.3, 0.4) is 0 Å². The van der Waals surface area contributed by atoms with Crippen molar-refractivity contribution in [3.63, 3.8) is 0 Å². The molecule has 0 radical (unpaired) electrons. The highest BCUT2D eigenvalue weighted by Crippen LogP contribution is 2.19. The molecule has 2 aromatic carbocycles. The Morgan fingerprint density at radius 3 is 2.52 bits per heavy atom. The molecule has 110 valence electrons. The Morgan fingerprint density at radius 1 is 1.10 bits per heavy atom. The van der Waals surface area contributed by atoms with Gasteiger partial charge in [0.15, 0.2) is 0 Å². The van der Waals surface area contributed by atoms with E-state index in [1.54, 1.807) is 17.8 Å². The average molecular weight is 301 g/mol. The Balaban J connectivity index is 1.89. The van der Waals surface area contributed by atoms with Gasteiger partial charge in [0.25, 0.3) is 0 Å². The molecule has 0 aliphatic carbocycles. The summed E-state index contributed by atoms with van der Waals surface area (Å²) in [5.41, 5.74) is 9.43. The molecule has 2 aromatic rings. The van der Waals surface area contributed by atoms with Crippen LogP contribution in [-0.4, -0.2) is 12.6 Å². The first kappa shape index (κ1) is 15.4. The number of hydrogen-bond donors (Lipinski definition) is 1. The van der Waals surface area contributed by atoms with Gasteiger partial charge in [-0.3, -0.25) is 0 Å². The minimum atomic E-state index is -0.261. The number of benzene rings is 2. The van der Waals surface area contributed by atoms with Crippen molar-refractivity contribution >= 4 is 23.4 Å². The van der Waals surface area contributed by atoms with Crippen molar-refractivity contribution < 1.29 is 9.53 Å². The van der Waals surface area contributed by atoms with E-state index in [-0.39, 0.29) is 5.97 Å². The smallest absolute Gasteiger partial charge is 0.338 e. The maximum atomic E-state index is 11.7. The van der Waals surface area contributed by atoms with E-state index in [2.05, 4.69) is 0 Å². The van der Waals surface area contributed by atoms with E-state index >= 15 is 0 Å². The molecule has 0 amide bonds. The number of thioether (sulfide) groups is 1. The average Bonchev–Trinajstić information content (AvgIpc) is 2.50. The van der Waals surface area contributed by atoms with Gasteiger partial charge in [-0.15, -0.1) is 0 Å². The van der Waals surface area contributed by atoms with E-state index in [0.717, 1.165) is 22.8 Å². The van der Waals surface area contributed by atoms with Crippen molar-refractivity contribution in [3.8, 4) is 0 Å². The molecule has 0 aliphatic heterocycles. The number of carbonyl (C=O) groups excluding carboxylic acids is 1. The summed E-state index contributed by atoms with van der Waals surface area (Å²) in [5.74, 6) is 1.52. The molecule has 0 aromatic heterocycles. The first-order chi connectivity index (χ1) is 10.2. The second-order valence-electron chi connectivity index (χ2n) is 4.66. The first-order valence-corrected chi connectivity index (χ1v) is 8.02. The first-order valence-electron chi connectivity index (χ1n) is 6.87. The monoisotopic (exact) mass is 301 g/mol. The second-order valence-corrected chi connectivity index (χ2v) is 5.64. The van der Waals surface area contributed by atoms with Crippen molar-refractivity contribution in [2.75, 3.05) is 12.3 Å². The van der Waals surface area contributed by atoms with E-state index in [1.165, 1.54) is 5.56 Å². The molecule has 0 heterocycles. The van der Waals surface area contributed by atoms with Gasteiger partial charge in [-0.2, -0.15) is 11.8 Å². The Morgan fingerprint density at radius 2 is 1.81 bits per heavy atom. The van der Waals surface area contributed by atoms with E-state index in [1.807, 2.05) is 49.4 Å². The van der Waals surface area contributed by atoms with Crippen LogP contribution in [0.5, 0.6) is 0 Å². The molecule has 0 aliphatic rings. The zero-order valence-electron chi connectivity index (χ0n) is 12.0. The lowest BCUT2D eigenvalue weighted by Crippen LogP contribution is -2.04. The molecule has 0 atom stereocenters. The second kappa shape index (κ2) is 7.74. The molecule has 3 nitrogen and oxygen atoms in total. The van der Waals surface area contributed by atoms with Crippen molar-refractivity contribution in [3.05, 3.63) is 65.2 Å². The highest BCUT2D eigenvalue weighted by molar-refractivity contribution is 7.97. The Kier molecular flexibility index (Phi) is 5.69. The van der Waals surface area contributed by atoms with E-state index in [9.17, 15) is 4.79 Å². The quantitative estimate of drug-likeness (QED) is 0.650. The summed E-state index contributed by atoms with van der Waals surface area (Å²) in [7, 11) is 0. The van der Waals surface area contributed by atoms with Gasteiger partial charge in [-0.05, 0) is 42.3 Å². The van der Waals surface area contributed by atoms with Crippen LogP contribution in [0.4, 0.5) is 5.69 Å². The lowest BCUT2D eigenvalue weighted by atomic mass is 10.1. The van der Waals surface area contributed by atoms with Crippen molar-refractivity contribution in [1.29, 1.82) is 0 Å². The number of anilines is 1. The minimum absolute atomic E-state index is 0.261. The SMILES string of the molecule is CCOC(=O)c1cccc(CSCc2ccc(N)cc2)c1. The number of hydrogen-bond acceptors (Lipinski definition) is 4. The fourth-order valence-corrected chi connectivity index (χ4v) is 2.85. The standard InChI is InChI=1S/C17H19NO2S/c1-2-20-17(19)15-5-3-4-14(10-15)12-21-11-13-6-8-16(18)9-7-13/h3-10H,2,11-12,18H2,1H3. The zero-order valence-corrected chi connectivity index (χ0v) is 12.9. The number of esters is 1. The summed E-state index contributed by atoms with van der Waals surface area (Å²) < 4.78 is 5.01. The molecular weight excluding hydrogens is 282 g/mol. The lowest BCUT2D eigenvalue weighted by molar-refractivity contribution is 0.0526. The number of nitrogens with two attached hydrogens (primary N) is 1. The highest BCUT2D eigenvalue weighted by atomic mass is 32.2. The molecular formula is C17H19NO2S.